The average molecular weight is 474 g/mol. The molecule has 0 fully saturated rings. The standard InChI is InChI=1S/C14H15N5O4.C3H4F3NO.C2H6/c1-5(2)15-7-4-9(22)18-13(16-7)11-10-6(20)3-8(21)17-12(10)19-14(11)23;4-3(5,6)1-7-2-8;1-2/h3-5,23H,1-2H3,(H2,15,16,18,22)(H3,17,19,20,21);2H,1H2,(H,7,8);1-2H3. The minimum Gasteiger partial charge on any atom is -0.507 e. The van der Waals surface area contributed by atoms with Gasteiger partial charge in [0.2, 0.25) is 12.3 Å². The molecule has 11 nitrogen and oxygen atoms in total. The number of aromatic nitrogens is 4. The molecule has 182 valence electrons. The Bertz CT molecular complexity index is 1180. The second-order valence-electron chi connectivity index (χ2n) is 6.51. The number of carbonyl (C=O) groups excluding carboxylic acids is 1. The first-order chi connectivity index (χ1) is 15.4. The van der Waals surface area contributed by atoms with Crippen molar-refractivity contribution in [2.45, 2.75) is 39.9 Å². The third kappa shape index (κ3) is 7.90. The topological polar surface area (TPSA) is 176 Å². The quantitative estimate of drug-likeness (QED) is 0.277. The number of nitrogens with zero attached hydrogens (tertiary/aromatic N) is 1. The van der Waals surface area contributed by atoms with Crippen molar-refractivity contribution in [1.29, 1.82) is 0 Å². The Labute approximate surface area is 185 Å². The molecule has 3 aromatic heterocycles. The van der Waals surface area contributed by atoms with Crippen molar-refractivity contribution in [2.75, 3.05) is 11.9 Å². The summed E-state index contributed by atoms with van der Waals surface area (Å²) in [7, 11) is 0. The average Bonchev–Trinajstić information content (AvgIpc) is 3.03. The monoisotopic (exact) mass is 474 g/mol. The van der Waals surface area contributed by atoms with Gasteiger partial charge in [-0.15, -0.1) is 0 Å². The van der Waals surface area contributed by atoms with E-state index in [0.717, 1.165) is 6.07 Å². The van der Waals surface area contributed by atoms with Crippen LogP contribution >= 0.6 is 0 Å². The SMILES string of the molecule is CC.CC(C)Nc1cc(=O)[nH]c(-c2c(O)[nH]c3[nH]c(=O)cc(O)c23)n1.O=CNCC(F)(F)F. The lowest BCUT2D eigenvalue weighted by molar-refractivity contribution is -0.132. The summed E-state index contributed by atoms with van der Waals surface area (Å²) in [5.74, 6) is -0.273. The zero-order chi connectivity index (χ0) is 25.3. The van der Waals surface area contributed by atoms with Gasteiger partial charge in [0.1, 0.15) is 29.6 Å². The van der Waals surface area contributed by atoms with Crippen LogP contribution in [0.25, 0.3) is 22.4 Å². The van der Waals surface area contributed by atoms with Gasteiger partial charge in [0, 0.05) is 18.2 Å². The lowest BCUT2D eigenvalue weighted by atomic mass is 10.2. The number of hydrogen-bond donors (Lipinski definition) is 7. The molecule has 0 aliphatic rings. The fourth-order valence-corrected chi connectivity index (χ4v) is 2.53. The Morgan fingerprint density at radius 1 is 1.09 bits per heavy atom. The molecule has 3 aromatic rings. The Kier molecular flexibility index (Phi) is 9.51. The van der Waals surface area contributed by atoms with Crippen molar-refractivity contribution in [2.24, 2.45) is 0 Å². The summed E-state index contributed by atoms with van der Waals surface area (Å²) >= 11 is 0. The first-order valence-corrected chi connectivity index (χ1v) is 9.70. The highest BCUT2D eigenvalue weighted by molar-refractivity contribution is 5.99. The van der Waals surface area contributed by atoms with Crippen molar-refractivity contribution in [3.63, 3.8) is 0 Å². The number of aromatic hydroxyl groups is 2. The largest absolute Gasteiger partial charge is 0.507 e. The van der Waals surface area contributed by atoms with E-state index in [0.29, 0.717) is 5.82 Å². The van der Waals surface area contributed by atoms with E-state index in [4.69, 9.17) is 0 Å². The van der Waals surface area contributed by atoms with Gasteiger partial charge in [0.05, 0.1) is 10.9 Å². The zero-order valence-electron chi connectivity index (χ0n) is 18.2. The first kappa shape index (κ1) is 27.1. The van der Waals surface area contributed by atoms with Crippen LogP contribution in [0.4, 0.5) is 19.0 Å². The van der Waals surface area contributed by atoms with Crippen LogP contribution in [0.2, 0.25) is 0 Å². The molecule has 7 N–H and O–H groups in total. The highest BCUT2D eigenvalue weighted by Crippen LogP contribution is 2.37. The molecule has 0 aliphatic heterocycles. The van der Waals surface area contributed by atoms with Gasteiger partial charge < -0.3 is 35.8 Å². The highest BCUT2D eigenvalue weighted by atomic mass is 19.4. The zero-order valence-corrected chi connectivity index (χ0v) is 18.2. The van der Waals surface area contributed by atoms with Gasteiger partial charge in [-0.2, -0.15) is 13.2 Å². The number of rotatable bonds is 5. The molecule has 33 heavy (non-hydrogen) atoms. The summed E-state index contributed by atoms with van der Waals surface area (Å²) in [6.07, 6.45) is -4.28. The number of anilines is 1. The fourth-order valence-electron chi connectivity index (χ4n) is 2.53. The van der Waals surface area contributed by atoms with Gasteiger partial charge in [-0.3, -0.25) is 14.4 Å². The molecule has 0 atom stereocenters. The number of pyridine rings is 1. The molecule has 14 heteroatoms. The van der Waals surface area contributed by atoms with Gasteiger partial charge >= 0.3 is 6.18 Å². The number of halogens is 3. The summed E-state index contributed by atoms with van der Waals surface area (Å²) in [5, 5.41) is 24.7. The van der Waals surface area contributed by atoms with E-state index in [1.54, 1.807) is 0 Å². The van der Waals surface area contributed by atoms with Gasteiger partial charge in [-0.25, -0.2) is 4.98 Å². The van der Waals surface area contributed by atoms with Gasteiger partial charge in [0.15, 0.2) is 0 Å². The summed E-state index contributed by atoms with van der Waals surface area (Å²) in [5.41, 5.74) is -0.721. The number of hydrogen-bond acceptors (Lipinski definition) is 7. The number of carbonyl (C=O) groups is 1. The van der Waals surface area contributed by atoms with Crippen LogP contribution in [-0.4, -0.2) is 55.3 Å². The van der Waals surface area contributed by atoms with Crippen molar-refractivity contribution < 1.29 is 28.2 Å². The van der Waals surface area contributed by atoms with E-state index in [9.17, 15) is 37.8 Å². The van der Waals surface area contributed by atoms with Crippen molar-refractivity contribution in [1.82, 2.24) is 25.3 Å². The molecule has 0 saturated heterocycles. The van der Waals surface area contributed by atoms with E-state index < -0.39 is 23.8 Å². The number of fused-ring (bicyclic) bond motifs is 1. The van der Waals surface area contributed by atoms with Crippen LogP contribution < -0.4 is 21.8 Å². The molecule has 0 unspecified atom stereocenters. The lowest BCUT2D eigenvalue weighted by Crippen LogP contribution is -2.27. The molecule has 1 amide bonds. The number of aromatic amines is 3. The molecular formula is C19H25F3N6O5. The minimum absolute atomic E-state index is 0.00743. The molecule has 3 heterocycles. The predicted octanol–water partition coefficient (Wildman–Crippen LogP) is 2.16. The maximum atomic E-state index is 11.8. The van der Waals surface area contributed by atoms with Gasteiger partial charge in [-0.1, -0.05) is 13.8 Å². The predicted molar refractivity (Wildman–Crippen MR) is 116 cm³/mol. The molecule has 0 aromatic carbocycles. The van der Waals surface area contributed by atoms with E-state index in [1.807, 2.05) is 27.7 Å². The number of H-pyrrole nitrogens is 3. The summed E-state index contributed by atoms with van der Waals surface area (Å²) in [6.45, 7) is 6.53. The molecule has 0 radical (unpaired) electrons. The third-order valence-corrected chi connectivity index (χ3v) is 3.55. The van der Waals surface area contributed by atoms with Crippen molar-refractivity contribution >= 4 is 23.3 Å². The maximum absolute atomic E-state index is 11.8. The number of alkyl halides is 3. The minimum atomic E-state index is -4.29. The second kappa shape index (κ2) is 11.6. The Hall–Kier alpha value is -3.97. The van der Waals surface area contributed by atoms with Crippen molar-refractivity contribution in [3.05, 3.63) is 32.8 Å². The molecule has 3 rings (SSSR count). The molecule has 0 spiro atoms. The molecule has 0 bridgehead atoms. The maximum Gasteiger partial charge on any atom is 0.405 e. The van der Waals surface area contributed by atoms with E-state index in [-0.39, 0.29) is 46.5 Å². The van der Waals surface area contributed by atoms with Crippen LogP contribution in [-0.2, 0) is 4.79 Å². The fraction of sp³-hybridized carbons (Fsp3) is 0.368. The van der Waals surface area contributed by atoms with E-state index >= 15 is 0 Å². The normalized spacial score (nSPS) is 10.7. The van der Waals surface area contributed by atoms with Crippen molar-refractivity contribution in [3.8, 4) is 23.0 Å². The van der Waals surface area contributed by atoms with Gasteiger partial charge in [-0.05, 0) is 13.8 Å². The smallest absolute Gasteiger partial charge is 0.405 e. The summed E-state index contributed by atoms with van der Waals surface area (Å²) in [6, 6.07) is 2.32. The van der Waals surface area contributed by atoms with E-state index in [1.165, 1.54) is 11.4 Å². The molecular weight excluding hydrogens is 449 g/mol. The summed E-state index contributed by atoms with van der Waals surface area (Å²) in [4.78, 5) is 44.2. The van der Waals surface area contributed by atoms with Crippen LogP contribution in [0.5, 0.6) is 11.6 Å². The van der Waals surface area contributed by atoms with Crippen LogP contribution in [0.15, 0.2) is 21.7 Å². The van der Waals surface area contributed by atoms with E-state index in [2.05, 4.69) is 25.3 Å². The second-order valence-corrected chi connectivity index (χ2v) is 6.51. The Balaban J connectivity index is 0.000000464. The Morgan fingerprint density at radius 3 is 2.21 bits per heavy atom. The summed E-state index contributed by atoms with van der Waals surface area (Å²) < 4.78 is 33.1. The van der Waals surface area contributed by atoms with Gasteiger partial charge in [0.25, 0.3) is 11.1 Å². The highest BCUT2D eigenvalue weighted by Gasteiger charge is 2.25. The number of nitrogens with one attached hydrogen (secondary N) is 5. The van der Waals surface area contributed by atoms with Crippen LogP contribution in [0, 0.1) is 0 Å². The molecule has 0 aliphatic carbocycles. The molecule has 0 saturated carbocycles. The van der Waals surface area contributed by atoms with Crippen LogP contribution in [0.3, 0.4) is 0 Å². The number of amides is 1. The first-order valence-electron chi connectivity index (χ1n) is 9.70. The van der Waals surface area contributed by atoms with Crippen LogP contribution in [0.1, 0.15) is 27.7 Å². The third-order valence-electron chi connectivity index (χ3n) is 3.55. The Morgan fingerprint density at radius 2 is 1.70 bits per heavy atom. The lowest BCUT2D eigenvalue weighted by Gasteiger charge is -2.09.